The van der Waals surface area contributed by atoms with E-state index in [1.165, 1.54) is 11.8 Å². The largest absolute Gasteiger partial charge is 0.441 e. The van der Waals surface area contributed by atoms with Crippen molar-refractivity contribution in [1.82, 2.24) is 0 Å². The molecule has 5 heteroatoms. The van der Waals surface area contributed by atoms with Crippen LogP contribution in [0.2, 0.25) is 0 Å². The van der Waals surface area contributed by atoms with E-state index >= 15 is 0 Å². The van der Waals surface area contributed by atoms with Gasteiger partial charge in [-0.1, -0.05) is 30.8 Å². The Labute approximate surface area is 97.4 Å². The van der Waals surface area contributed by atoms with Crippen LogP contribution in [-0.4, -0.2) is 17.3 Å². The summed E-state index contributed by atoms with van der Waals surface area (Å²) in [5.41, 5.74) is -0.0105. The number of benzene rings is 1. The van der Waals surface area contributed by atoms with Gasteiger partial charge in [0.2, 0.25) is 5.44 Å². The van der Waals surface area contributed by atoms with E-state index in [1.807, 2.05) is 24.3 Å². The lowest BCUT2D eigenvalue weighted by Crippen LogP contribution is -2.32. The number of anilines is 1. The van der Waals surface area contributed by atoms with Crippen LogP contribution in [-0.2, 0) is 14.3 Å². The second-order valence-electron chi connectivity index (χ2n) is 3.28. The maximum atomic E-state index is 11.6. The van der Waals surface area contributed by atoms with Crippen LogP contribution in [0.5, 0.6) is 0 Å². The SMILES string of the molecule is CCC(=O)OC1Sc2ccccc2NC1=O. The third-order valence-electron chi connectivity index (χ3n) is 2.12. The number of esters is 1. The third kappa shape index (κ3) is 2.19. The quantitative estimate of drug-likeness (QED) is 0.799. The van der Waals surface area contributed by atoms with Crippen LogP contribution in [0.15, 0.2) is 29.2 Å². The van der Waals surface area contributed by atoms with Gasteiger partial charge in [-0.15, -0.1) is 0 Å². The number of thioether (sulfide) groups is 1. The van der Waals surface area contributed by atoms with Gasteiger partial charge < -0.3 is 10.1 Å². The average Bonchev–Trinajstić information content (AvgIpc) is 2.30. The van der Waals surface area contributed by atoms with Gasteiger partial charge in [-0.2, -0.15) is 0 Å². The molecule has 16 heavy (non-hydrogen) atoms. The van der Waals surface area contributed by atoms with Gasteiger partial charge in [0.1, 0.15) is 0 Å². The Kier molecular flexibility index (Phi) is 3.14. The summed E-state index contributed by atoms with van der Waals surface area (Å²) in [7, 11) is 0. The van der Waals surface area contributed by atoms with Crippen LogP contribution in [0.4, 0.5) is 5.69 Å². The molecule has 0 aromatic heterocycles. The van der Waals surface area contributed by atoms with Crippen LogP contribution < -0.4 is 5.32 Å². The van der Waals surface area contributed by atoms with Crippen LogP contribution in [0.25, 0.3) is 0 Å². The highest BCUT2D eigenvalue weighted by atomic mass is 32.2. The molecular weight excluding hydrogens is 226 g/mol. The molecule has 1 aliphatic rings. The highest BCUT2D eigenvalue weighted by Gasteiger charge is 2.29. The van der Waals surface area contributed by atoms with Crippen LogP contribution in [0.1, 0.15) is 13.3 Å². The number of ether oxygens (including phenoxy) is 1. The van der Waals surface area contributed by atoms with Gasteiger partial charge in [0.05, 0.1) is 5.69 Å². The summed E-state index contributed by atoms with van der Waals surface area (Å²) in [6.45, 7) is 1.70. The van der Waals surface area contributed by atoms with Gasteiger partial charge in [0.25, 0.3) is 5.91 Å². The summed E-state index contributed by atoms with van der Waals surface area (Å²) < 4.78 is 5.02. The van der Waals surface area contributed by atoms with E-state index in [0.29, 0.717) is 0 Å². The maximum Gasteiger partial charge on any atom is 0.307 e. The molecule has 1 heterocycles. The first-order valence-corrected chi connectivity index (χ1v) is 5.84. The number of hydrogen-bond donors (Lipinski definition) is 1. The van der Waals surface area contributed by atoms with Crippen LogP contribution in [0, 0.1) is 0 Å². The smallest absolute Gasteiger partial charge is 0.307 e. The zero-order valence-electron chi connectivity index (χ0n) is 8.73. The van der Waals surface area contributed by atoms with Gasteiger partial charge in [0.15, 0.2) is 0 Å². The molecule has 1 aromatic rings. The van der Waals surface area contributed by atoms with Gasteiger partial charge >= 0.3 is 5.97 Å². The molecule has 1 amide bonds. The molecule has 0 radical (unpaired) electrons. The minimum atomic E-state index is -0.776. The number of hydrogen-bond acceptors (Lipinski definition) is 4. The Bertz CT molecular complexity index is 433. The maximum absolute atomic E-state index is 11.6. The predicted molar refractivity (Wildman–Crippen MR) is 61.1 cm³/mol. The lowest BCUT2D eigenvalue weighted by Gasteiger charge is -2.23. The first-order chi connectivity index (χ1) is 7.70. The Morgan fingerprint density at radius 2 is 2.25 bits per heavy atom. The summed E-state index contributed by atoms with van der Waals surface area (Å²) >= 11 is 1.25. The number of carbonyl (C=O) groups is 2. The number of amides is 1. The molecule has 1 unspecified atom stereocenters. The summed E-state index contributed by atoms with van der Waals surface area (Å²) in [6, 6.07) is 7.42. The van der Waals surface area contributed by atoms with Crippen molar-refractivity contribution in [3.8, 4) is 0 Å². The Balaban J connectivity index is 2.15. The minimum Gasteiger partial charge on any atom is -0.441 e. The van der Waals surface area contributed by atoms with Crippen molar-refractivity contribution in [2.24, 2.45) is 0 Å². The first kappa shape index (κ1) is 11.0. The lowest BCUT2D eigenvalue weighted by atomic mass is 10.3. The Hall–Kier alpha value is -1.49. The zero-order valence-corrected chi connectivity index (χ0v) is 9.54. The monoisotopic (exact) mass is 237 g/mol. The van der Waals surface area contributed by atoms with Gasteiger partial charge in [-0.3, -0.25) is 9.59 Å². The van der Waals surface area contributed by atoms with Gasteiger partial charge in [-0.05, 0) is 12.1 Å². The second kappa shape index (κ2) is 4.57. The molecule has 1 aliphatic heterocycles. The van der Waals surface area contributed by atoms with Gasteiger partial charge in [0, 0.05) is 11.3 Å². The molecular formula is C11H11NO3S. The van der Waals surface area contributed by atoms with Gasteiger partial charge in [-0.25, -0.2) is 0 Å². The highest BCUT2D eigenvalue weighted by molar-refractivity contribution is 8.00. The van der Waals surface area contributed by atoms with Crippen molar-refractivity contribution >= 4 is 29.3 Å². The molecule has 1 aromatic carbocycles. The summed E-state index contributed by atoms with van der Waals surface area (Å²) in [5.74, 6) is -0.655. The molecule has 84 valence electrons. The van der Waals surface area contributed by atoms with Crippen LogP contribution >= 0.6 is 11.8 Å². The molecule has 1 atom stereocenters. The van der Waals surface area contributed by atoms with Crippen molar-refractivity contribution in [3.05, 3.63) is 24.3 Å². The average molecular weight is 237 g/mol. The number of fused-ring (bicyclic) bond motifs is 1. The van der Waals surface area contributed by atoms with Crippen LogP contribution in [0.3, 0.4) is 0 Å². The molecule has 0 fully saturated rings. The van der Waals surface area contributed by atoms with Crippen molar-refractivity contribution in [3.63, 3.8) is 0 Å². The van der Waals surface area contributed by atoms with E-state index in [-0.39, 0.29) is 18.3 Å². The number of nitrogens with one attached hydrogen (secondary N) is 1. The summed E-state index contributed by atoms with van der Waals surface area (Å²) in [5, 5.41) is 2.70. The van der Waals surface area contributed by atoms with E-state index in [9.17, 15) is 9.59 Å². The van der Waals surface area contributed by atoms with E-state index in [0.717, 1.165) is 10.6 Å². The molecule has 0 aliphatic carbocycles. The van der Waals surface area contributed by atoms with Crippen molar-refractivity contribution < 1.29 is 14.3 Å². The first-order valence-electron chi connectivity index (χ1n) is 4.96. The second-order valence-corrected chi connectivity index (χ2v) is 4.38. The Morgan fingerprint density at radius 1 is 1.50 bits per heavy atom. The fraction of sp³-hybridized carbons (Fsp3) is 0.273. The highest BCUT2D eigenvalue weighted by Crippen LogP contribution is 2.35. The van der Waals surface area contributed by atoms with E-state index in [4.69, 9.17) is 4.74 Å². The van der Waals surface area contributed by atoms with Crippen molar-refractivity contribution in [1.29, 1.82) is 0 Å². The number of para-hydroxylation sites is 1. The minimum absolute atomic E-state index is 0.270. The molecule has 0 bridgehead atoms. The molecule has 2 rings (SSSR count). The molecule has 4 nitrogen and oxygen atoms in total. The van der Waals surface area contributed by atoms with E-state index in [1.54, 1.807) is 6.92 Å². The fourth-order valence-electron chi connectivity index (χ4n) is 1.31. The zero-order chi connectivity index (χ0) is 11.5. The third-order valence-corrected chi connectivity index (χ3v) is 3.25. The van der Waals surface area contributed by atoms with Crippen molar-refractivity contribution in [2.75, 3.05) is 5.32 Å². The van der Waals surface area contributed by atoms with E-state index < -0.39 is 5.44 Å². The predicted octanol–water partition coefficient (Wildman–Crippen LogP) is 2.01. The molecule has 0 saturated carbocycles. The summed E-state index contributed by atoms with van der Waals surface area (Å²) in [6.07, 6.45) is 0.270. The topological polar surface area (TPSA) is 55.4 Å². The fourth-order valence-corrected chi connectivity index (χ4v) is 2.27. The van der Waals surface area contributed by atoms with Crippen molar-refractivity contribution in [2.45, 2.75) is 23.7 Å². The van der Waals surface area contributed by atoms with E-state index in [2.05, 4.69) is 5.32 Å². The summed E-state index contributed by atoms with van der Waals surface area (Å²) in [4.78, 5) is 23.6. The lowest BCUT2D eigenvalue weighted by molar-refractivity contribution is -0.149. The molecule has 0 spiro atoms. The number of rotatable bonds is 2. The number of carbonyl (C=O) groups excluding carboxylic acids is 2. The standard InChI is InChI=1S/C11H11NO3S/c1-2-9(13)15-11-10(14)12-7-5-3-4-6-8(7)16-11/h3-6,11H,2H2,1H3,(H,12,14). The molecule has 1 N–H and O–H groups in total. The normalized spacial score (nSPS) is 18.6. The molecule has 0 saturated heterocycles. The Morgan fingerprint density at radius 3 is 3.00 bits per heavy atom.